The average Bonchev–Trinajstić information content (AvgIpc) is 2.60. The van der Waals surface area contributed by atoms with E-state index in [1.807, 2.05) is 0 Å². The van der Waals surface area contributed by atoms with Crippen molar-refractivity contribution in [1.29, 1.82) is 0 Å². The Morgan fingerprint density at radius 1 is 1.19 bits per heavy atom. The molecule has 0 spiro atoms. The van der Waals surface area contributed by atoms with Gasteiger partial charge < -0.3 is 15.1 Å². The summed E-state index contributed by atoms with van der Waals surface area (Å²) in [5.74, 6) is 3.15. The quantitative estimate of drug-likeness (QED) is 0.861. The first-order valence-electron chi connectivity index (χ1n) is 9.55. The van der Waals surface area contributed by atoms with E-state index in [2.05, 4.69) is 80.3 Å². The van der Waals surface area contributed by atoms with Crippen molar-refractivity contribution in [3.05, 3.63) is 47.3 Å². The van der Waals surface area contributed by atoms with Gasteiger partial charge in [-0.3, -0.25) is 0 Å². The fraction of sp³-hybridized carbons (Fsp3) is 0.524. The van der Waals surface area contributed by atoms with Crippen molar-refractivity contribution in [2.45, 2.75) is 45.7 Å². The number of hydrogen-bond acceptors (Lipinski definition) is 5. The maximum Gasteiger partial charge on any atom is 0.135 e. The Kier molecular flexibility index (Phi) is 5.77. The number of anilines is 2. The van der Waals surface area contributed by atoms with Crippen molar-refractivity contribution < 1.29 is 0 Å². The second-order valence-electron chi connectivity index (χ2n) is 7.80. The van der Waals surface area contributed by atoms with E-state index in [4.69, 9.17) is 9.97 Å². The van der Waals surface area contributed by atoms with Gasteiger partial charge in [-0.2, -0.15) is 0 Å². The van der Waals surface area contributed by atoms with Gasteiger partial charge in [-0.1, -0.05) is 38.1 Å². The lowest BCUT2D eigenvalue weighted by molar-refractivity contribution is 0.425. The van der Waals surface area contributed by atoms with Crippen LogP contribution in [0, 0.1) is 0 Å². The monoisotopic (exact) mass is 353 g/mol. The maximum absolute atomic E-state index is 4.89. The fourth-order valence-corrected chi connectivity index (χ4v) is 3.34. The lowest BCUT2D eigenvalue weighted by Gasteiger charge is -2.36. The normalized spacial score (nSPS) is 16.9. The maximum atomic E-state index is 4.89. The van der Waals surface area contributed by atoms with Gasteiger partial charge in [0.15, 0.2) is 0 Å². The summed E-state index contributed by atoms with van der Waals surface area (Å²) >= 11 is 0. The topological polar surface area (TPSA) is 44.3 Å². The zero-order valence-electron chi connectivity index (χ0n) is 16.7. The standard InChI is InChI=1S/C21H31N5/c1-15(2)21-23-19(22-10-11-25(4)5)13-20(24-21)26-14-18-9-7-6-8-17(18)12-16(26)3/h6-9,13,15-16H,10-12,14H2,1-5H3,(H,22,23,24)/t16-/m0/s1. The summed E-state index contributed by atoms with van der Waals surface area (Å²) in [6.07, 6.45) is 1.06. The van der Waals surface area contributed by atoms with Crippen LogP contribution >= 0.6 is 0 Å². The van der Waals surface area contributed by atoms with Gasteiger partial charge in [-0.05, 0) is 38.6 Å². The van der Waals surface area contributed by atoms with Crippen molar-refractivity contribution >= 4 is 11.6 Å². The molecule has 5 nitrogen and oxygen atoms in total. The highest BCUT2D eigenvalue weighted by atomic mass is 15.2. The van der Waals surface area contributed by atoms with E-state index in [0.717, 1.165) is 43.5 Å². The molecule has 1 aromatic heterocycles. The minimum absolute atomic E-state index is 0.303. The second kappa shape index (κ2) is 8.04. The molecule has 3 rings (SSSR count). The molecule has 1 N–H and O–H groups in total. The number of benzene rings is 1. The summed E-state index contributed by atoms with van der Waals surface area (Å²) in [7, 11) is 4.17. The molecule has 1 aliphatic heterocycles. The lowest BCUT2D eigenvalue weighted by Crippen LogP contribution is -2.39. The number of fused-ring (bicyclic) bond motifs is 1. The molecule has 2 aromatic rings. The summed E-state index contributed by atoms with van der Waals surface area (Å²) in [5.41, 5.74) is 2.86. The zero-order valence-corrected chi connectivity index (χ0v) is 16.7. The van der Waals surface area contributed by atoms with Crippen molar-refractivity contribution in [2.24, 2.45) is 0 Å². The first-order chi connectivity index (χ1) is 12.4. The molecule has 0 amide bonds. The molecule has 1 atom stereocenters. The molecule has 140 valence electrons. The zero-order chi connectivity index (χ0) is 18.7. The molecule has 2 heterocycles. The minimum Gasteiger partial charge on any atom is -0.369 e. The molecule has 1 aliphatic rings. The minimum atomic E-state index is 0.303. The largest absolute Gasteiger partial charge is 0.369 e. The van der Waals surface area contributed by atoms with Gasteiger partial charge in [0, 0.05) is 37.7 Å². The van der Waals surface area contributed by atoms with Gasteiger partial charge in [0.2, 0.25) is 0 Å². The third kappa shape index (κ3) is 4.33. The SMILES string of the molecule is CC(C)c1nc(NCCN(C)C)cc(N2Cc3ccccc3C[C@@H]2C)n1. The van der Waals surface area contributed by atoms with Crippen LogP contribution < -0.4 is 10.2 Å². The summed E-state index contributed by atoms with van der Waals surface area (Å²) in [4.78, 5) is 14.2. The van der Waals surface area contributed by atoms with Crippen LogP contribution in [-0.4, -0.2) is 48.1 Å². The van der Waals surface area contributed by atoms with E-state index in [0.29, 0.717) is 12.0 Å². The molecular formula is C21H31N5. The number of rotatable bonds is 6. The van der Waals surface area contributed by atoms with Gasteiger partial charge in [0.1, 0.15) is 17.5 Å². The molecule has 0 saturated carbocycles. The van der Waals surface area contributed by atoms with E-state index in [-0.39, 0.29) is 0 Å². The van der Waals surface area contributed by atoms with Crippen molar-refractivity contribution in [3.8, 4) is 0 Å². The third-order valence-corrected chi connectivity index (χ3v) is 4.91. The highest BCUT2D eigenvalue weighted by Gasteiger charge is 2.24. The van der Waals surface area contributed by atoms with E-state index in [1.54, 1.807) is 0 Å². The van der Waals surface area contributed by atoms with E-state index < -0.39 is 0 Å². The Morgan fingerprint density at radius 3 is 2.62 bits per heavy atom. The number of aromatic nitrogens is 2. The summed E-state index contributed by atoms with van der Waals surface area (Å²) in [5, 5.41) is 3.47. The highest BCUT2D eigenvalue weighted by molar-refractivity contribution is 5.52. The Bertz CT molecular complexity index is 741. The van der Waals surface area contributed by atoms with Crippen LogP contribution in [0.3, 0.4) is 0 Å². The first kappa shape index (κ1) is 18.6. The second-order valence-corrected chi connectivity index (χ2v) is 7.80. The number of nitrogens with one attached hydrogen (secondary N) is 1. The van der Waals surface area contributed by atoms with Crippen LogP contribution in [0.5, 0.6) is 0 Å². The molecule has 26 heavy (non-hydrogen) atoms. The third-order valence-electron chi connectivity index (χ3n) is 4.91. The van der Waals surface area contributed by atoms with Gasteiger partial charge in [0.05, 0.1) is 0 Å². The molecule has 5 heteroatoms. The van der Waals surface area contributed by atoms with Crippen LogP contribution in [0.15, 0.2) is 30.3 Å². The lowest BCUT2D eigenvalue weighted by atomic mass is 9.95. The fourth-order valence-electron chi connectivity index (χ4n) is 3.34. The van der Waals surface area contributed by atoms with Crippen LogP contribution in [-0.2, 0) is 13.0 Å². The highest BCUT2D eigenvalue weighted by Crippen LogP contribution is 2.29. The predicted octanol–water partition coefficient (Wildman–Crippen LogP) is 3.52. The Labute approximate surface area is 157 Å². The van der Waals surface area contributed by atoms with Gasteiger partial charge >= 0.3 is 0 Å². The first-order valence-corrected chi connectivity index (χ1v) is 9.55. The molecular weight excluding hydrogens is 322 g/mol. The van der Waals surface area contributed by atoms with Gasteiger partial charge in [0.25, 0.3) is 0 Å². The van der Waals surface area contributed by atoms with Gasteiger partial charge in [-0.25, -0.2) is 9.97 Å². The van der Waals surface area contributed by atoms with Crippen molar-refractivity contribution in [2.75, 3.05) is 37.4 Å². The molecule has 0 aliphatic carbocycles. The summed E-state index contributed by atoms with van der Waals surface area (Å²) in [6, 6.07) is 11.3. The molecule has 0 bridgehead atoms. The number of nitrogens with zero attached hydrogens (tertiary/aromatic N) is 4. The van der Waals surface area contributed by atoms with Gasteiger partial charge in [-0.15, -0.1) is 0 Å². The summed E-state index contributed by atoms with van der Waals surface area (Å²) < 4.78 is 0. The smallest absolute Gasteiger partial charge is 0.135 e. The molecule has 0 radical (unpaired) electrons. The number of hydrogen-bond donors (Lipinski definition) is 1. The van der Waals surface area contributed by atoms with Crippen LogP contribution in [0.25, 0.3) is 0 Å². The Morgan fingerprint density at radius 2 is 1.92 bits per heavy atom. The van der Waals surface area contributed by atoms with Crippen LogP contribution in [0.2, 0.25) is 0 Å². The molecule has 1 aromatic carbocycles. The molecule has 0 fully saturated rings. The summed E-state index contributed by atoms with van der Waals surface area (Å²) in [6.45, 7) is 9.34. The van der Waals surface area contributed by atoms with Crippen molar-refractivity contribution in [1.82, 2.24) is 14.9 Å². The molecule has 0 unspecified atom stereocenters. The molecule has 0 saturated heterocycles. The van der Waals surface area contributed by atoms with E-state index in [1.165, 1.54) is 11.1 Å². The van der Waals surface area contributed by atoms with E-state index in [9.17, 15) is 0 Å². The van der Waals surface area contributed by atoms with E-state index >= 15 is 0 Å². The Balaban J connectivity index is 1.87. The van der Waals surface area contributed by atoms with Crippen LogP contribution in [0.1, 0.15) is 43.6 Å². The van der Waals surface area contributed by atoms with Crippen LogP contribution in [0.4, 0.5) is 11.6 Å². The number of likely N-dealkylation sites (N-methyl/N-ethyl adjacent to an activating group) is 1. The van der Waals surface area contributed by atoms with Crippen molar-refractivity contribution in [3.63, 3.8) is 0 Å². The average molecular weight is 354 g/mol. The Hall–Kier alpha value is -2.14. The predicted molar refractivity (Wildman–Crippen MR) is 109 cm³/mol.